The number of pyridine rings is 1. The van der Waals surface area contributed by atoms with Gasteiger partial charge in [0.25, 0.3) is 5.91 Å². The van der Waals surface area contributed by atoms with Gasteiger partial charge in [0.05, 0.1) is 11.6 Å². The fourth-order valence-electron chi connectivity index (χ4n) is 3.22. The van der Waals surface area contributed by atoms with Crippen molar-refractivity contribution in [3.63, 3.8) is 0 Å². The fraction of sp³-hybridized carbons (Fsp3) is 0.238. The first-order valence-corrected chi connectivity index (χ1v) is 9.96. The van der Waals surface area contributed by atoms with E-state index in [0.717, 1.165) is 34.5 Å². The summed E-state index contributed by atoms with van der Waals surface area (Å²) in [7, 11) is 0. The van der Waals surface area contributed by atoms with Crippen LogP contribution >= 0.6 is 11.3 Å². The van der Waals surface area contributed by atoms with Crippen LogP contribution in [0.25, 0.3) is 0 Å². The molecule has 0 unspecified atom stereocenters. The third kappa shape index (κ3) is 3.94. The molecule has 1 atom stereocenters. The lowest BCUT2D eigenvalue weighted by Crippen LogP contribution is -2.28. The number of benzene rings is 1. The Kier molecular flexibility index (Phi) is 5.16. The van der Waals surface area contributed by atoms with Gasteiger partial charge in [-0.15, -0.1) is 11.3 Å². The van der Waals surface area contributed by atoms with Crippen LogP contribution in [0.3, 0.4) is 0 Å². The number of rotatable bonds is 5. The molecule has 0 aliphatic heterocycles. The third-order valence-corrected chi connectivity index (χ3v) is 5.83. The lowest BCUT2D eigenvalue weighted by molar-refractivity contribution is -0.122. The van der Waals surface area contributed by atoms with Crippen molar-refractivity contribution in [1.82, 2.24) is 15.3 Å². The number of hydrogen-bond acceptors (Lipinski definition) is 5. The van der Waals surface area contributed by atoms with E-state index in [0.29, 0.717) is 17.2 Å². The zero-order valence-electron chi connectivity index (χ0n) is 15.4. The summed E-state index contributed by atoms with van der Waals surface area (Å²) in [6, 6.07) is 11.1. The van der Waals surface area contributed by atoms with Gasteiger partial charge in [-0.05, 0) is 49.6 Å². The molecule has 2 heterocycles. The monoisotopic (exact) mass is 392 g/mol. The zero-order valence-corrected chi connectivity index (χ0v) is 16.3. The summed E-state index contributed by atoms with van der Waals surface area (Å²) in [5.74, 6) is -0.485. The summed E-state index contributed by atoms with van der Waals surface area (Å²) in [5.41, 5.74) is 3.49. The Morgan fingerprint density at radius 1 is 1.14 bits per heavy atom. The molecular weight excluding hydrogens is 372 g/mol. The average Bonchev–Trinajstić information content (AvgIpc) is 3.27. The third-order valence-electron chi connectivity index (χ3n) is 4.78. The van der Waals surface area contributed by atoms with E-state index in [2.05, 4.69) is 20.6 Å². The van der Waals surface area contributed by atoms with Crippen molar-refractivity contribution in [1.29, 1.82) is 0 Å². The van der Waals surface area contributed by atoms with Crippen molar-refractivity contribution in [2.24, 2.45) is 0 Å². The summed E-state index contributed by atoms with van der Waals surface area (Å²) in [6.45, 7) is 2.45. The molecule has 1 aliphatic rings. The van der Waals surface area contributed by atoms with Gasteiger partial charge in [0.15, 0.2) is 5.13 Å². The molecule has 2 aromatic heterocycles. The molecule has 28 heavy (non-hydrogen) atoms. The van der Waals surface area contributed by atoms with E-state index in [1.807, 2.05) is 31.2 Å². The molecule has 2 N–H and O–H groups in total. The standard InChI is InChI=1S/C21H20N4O2S/c1-13-2-4-15(5-3-13)19(26)25-21-24-18-16(6-7-17(18)28-21)20(27)23-12-14-8-10-22-11-9-14/h2-5,8-11,16H,6-7,12H2,1H3,(H,23,27)(H,24,25,26)/t16-/m1/s1. The van der Waals surface area contributed by atoms with E-state index in [1.165, 1.54) is 11.3 Å². The Balaban J connectivity index is 1.41. The van der Waals surface area contributed by atoms with Gasteiger partial charge in [0.2, 0.25) is 5.91 Å². The topological polar surface area (TPSA) is 84.0 Å². The summed E-state index contributed by atoms with van der Waals surface area (Å²) in [6.07, 6.45) is 4.97. The molecule has 0 saturated carbocycles. The summed E-state index contributed by atoms with van der Waals surface area (Å²) in [5, 5.41) is 6.37. The van der Waals surface area contributed by atoms with Gasteiger partial charge in [0, 0.05) is 29.4 Å². The molecule has 1 aromatic carbocycles. The van der Waals surface area contributed by atoms with Crippen LogP contribution in [0, 0.1) is 6.92 Å². The molecule has 0 fully saturated rings. The number of anilines is 1. The second-order valence-corrected chi connectivity index (χ2v) is 7.90. The Bertz CT molecular complexity index is 999. The van der Waals surface area contributed by atoms with Gasteiger partial charge in [-0.1, -0.05) is 17.7 Å². The Labute approximate surface area is 167 Å². The number of hydrogen-bond donors (Lipinski definition) is 2. The smallest absolute Gasteiger partial charge is 0.257 e. The maximum atomic E-state index is 12.6. The lowest BCUT2D eigenvalue weighted by Gasteiger charge is -2.10. The maximum absolute atomic E-state index is 12.6. The van der Waals surface area contributed by atoms with Crippen molar-refractivity contribution >= 4 is 28.3 Å². The predicted octanol–water partition coefficient (Wildman–Crippen LogP) is 3.45. The van der Waals surface area contributed by atoms with Crippen molar-refractivity contribution < 1.29 is 9.59 Å². The van der Waals surface area contributed by atoms with Crippen LogP contribution < -0.4 is 10.6 Å². The average molecular weight is 392 g/mol. The molecule has 0 bridgehead atoms. The molecule has 142 valence electrons. The number of nitrogens with zero attached hydrogens (tertiary/aromatic N) is 2. The number of fused-ring (bicyclic) bond motifs is 1. The van der Waals surface area contributed by atoms with Crippen molar-refractivity contribution in [3.8, 4) is 0 Å². The molecule has 3 aromatic rings. The number of nitrogens with one attached hydrogen (secondary N) is 2. The Hall–Kier alpha value is -3.06. The molecule has 1 aliphatic carbocycles. The summed E-state index contributed by atoms with van der Waals surface area (Å²) >= 11 is 1.45. The number of carbonyl (C=O) groups excluding carboxylic acids is 2. The van der Waals surface area contributed by atoms with Gasteiger partial charge >= 0.3 is 0 Å². The van der Waals surface area contributed by atoms with Gasteiger partial charge in [0.1, 0.15) is 0 Å². The van der Waals surface area contributed by atoms with E-state index < -0.39 is 0 Å². The Morgan fingerprint density at radius 2 is 1.89 bits per heavy atom. The summed E-state index contributed by atoms with van der Waals surface area (Å²) < 4.78 is 0. The first-order valence-electron chi connectivity index (χ1n) is 9.14. The van der Waals surface area contributed by atoms with Crippen molar-refractivity contribution in [2.45, 2.75) is 32.2 Å². The first-order chi connectivity index (χ1) is 13.6. The molecule has 0 radical (unpaired) electrons. The van der Waals surface area contributed by atoms with Crippen LogP contribution in [0.4, 0.5) is 5.13 Å². The second-order valence-electron chi connectivity index (χ2n) is 6.81. The van der Waals surface area contributed by atoms with E-state index >= 15 is 0 Å². The molecule has 2 amide bonds. The number of aryl methyl sites for hydroxylation is 2. The fourth-order valence-corrected chi connectivity index (χ4v) is 4.26. The molecule has 0 spiro atoms. The van der Waals surface area contributed by atoms with Crippen molar-refractivity contribution in [3.05, 3.63) is 76.1 Å². The normalized spacial score (nSPS) is 15.1. The van der Waals surface area contributed by atoms with E-state index in [9.17, 15) is 9.59 Å². The first kappa shape index (κ1) is 18.3. The molecule has 0 saturated heterocycles. The van der Waals surface area contributed by atoms with Crippen molar-refractivity contribution in [2.75, 3.05) is 5.32 Å². The largest absolute Gasteiger partial charge is 0.351 e. The van der Waals surface area contributed by atoms with Gasteiger partial charge in [-0.3, -0.25) is 19.9 Å². The van der Waals surface area contributed by atoms with Crippen LogP contribution in [-0.2, 0) is 17.8 Å². The number of thiazole rings is 1. The highest BCUT2D eigenvalue weighted by Crippen LogP contribution is 2.38. The second kappa shape index (κ2) is 7.90. The molecule has 4 rings (SSSR count). The zero-order chi connectivity index (χ0) is 19.5. The minimum absolute atomic E-state index is 0.0303. The Morgan fingerprint density at radius 3 is 2.64 bits per heavy atom. The van der Waals surface area contributed by atoms with Crippen LogP contribution in [0.5, 0.6) is 0 Å². The van der Waals surface area contributed by atoms with E-state index in [-0.39, 0.29) is 17.7 Å². The van der Waals surface area contributed by atoms with Gasteiger partial charge in [-0.2, -0.15) is 0 Å². The van der Waals surface area contributed by atoms with Crippen LogP contribution in [0.15, 0.2) is 48.8 Å². The van der Waals surface area contributed by atoms with Crippen LogP contribution in [0.2, 0.25) is 0 Å². The highest BCUT2D eigenvalue weighted by molar-refractivity contribution is 7.16. The van der Waals surface area contributed by atoms with E-state index in [1.54, 1.807) is 24.5 Å². The highest BCUT2D eigenvalue weighted by Gasteiger charge is 2.32. The molecular formula is C21H20N4O2S. The molecule has 7 heteroatoms. The van der Waals surface area contributed by atoms with Gasteiger partial charge < -0.3 is 5.32 Å². The minimum atomic E-state index is -0.266. The van der Waals surface area contributed by atoms with E-state index in [4.69, 9.17) is 0 Å². The number of aromatic nitrogens is 2. The van der Waals surface area contributed by atoms with Gasteiger partial charge in [-0.25, -0.2) is 4.98 Å². The molecule has 6 nitrogen and oxygen atoms in total. The SMILES string of the molecule is Cc1ccc(C(=O)Nc2nc3c(s2)CC[C@H]3C(=O)NCc2ccncc2)cc1. The van der Waals surface area contributed by atoms with Crippen LogP contribution in [-0.4, -0.2) is 21.8 Å². The summed E-state index contributed by atoms with van der Waals surface area (Å²) in [4.78, 5) is 34.6. The quantitative estimate of drug-likeness (QED) is 0.697. The minimum Gasteiger partial charge on any atom is -0.351 e. The number of amides is 2. The predicted molar refractivity (Wildman–Crippen MR) is 108 cm³/mol. The maximum Gasteiger partial charge on any atom is 0.257 e. The highest BCUT2D eigenvalue weighted by atomic mass is 32.1. The van der Waals surface area contributed by atoms with Crippen LogP contribution in [0.1, 0.15) is 44.4 Å². The number of carbonyl (C=O) groups is 2. The lowest BCUT2D eigenvalue weighted by atomic mass is 10.1.